The number of amides is 1. The van der Waals surface area contributed by atoms with Crippen LogP contribution in [0.15, 0.2) is 42.7 Å². The molecule has 0 fully saturated rings. The van der Waals surface area contributed by atoms with Crippen molar-refractivity contribution in [3.05, 3.63) is 47.7 Å². The van der Waals surface area contributed by atoms with Crippen LogP contribution in [0.3, 0.4) is 0 Å². The number of aromatic nitrogens is 2. The summed E-state index contributed by atoms with van der Waals surface area (Å²) in [6.07, 6.45) is 4.45. The molecule has 0 aliphatic carbocycles. The average molecular weight is 322 g/mol. The molecule has 0 atom stereocenters. The van der Waals surface area contributed by atoms with Crippen molar-refractivity contribution in [2.75, 3.05) is 6.54 Å². The second-order valence-electron chi connectivity index (χ2n) is 5.44. The molecule has 22 heavy (non-hydrogen) atoms. The van der Waals surface area contributed by atoms with E-state index in [0.29, 0.717) is 17.3 Å². The number of hydrogen-bond acceptors (Lipinski definition) is 3. The lowest BCUT2D eigenvalue weighted by Crippen LogP contribution is -2.46. The molecule has 0 saturated heterocycles. The van der Waals surface area contributed by atoms with Crippen LogP contribution in [0.25, 0.3) is 0 Å². The number of nitrogens with one attached hydrogen (secondary N) is 1. The van der Waals surface area contributed by atoms with E-state index in [0.717, 1.165) is 13.0 Å². The Balaban J connectivity index is 1.78. The highest BCUT2D eigenvalue weighted by Crippen LogP contribution is 2.20. The van der Waals surface area contributed by atoms with Gasteiger partial charge < -0.3 is 10.1 Å². The number of halogens is 1. The SMILES string of the molecule is CC(C)(Oc1ccc(Cl)cc1)C(=O)NCCCn1cccn1. The first-order chi connectivity index (χ1) is 10.5. The highest BCUT2D eigenvalue weighted by atomic mass is 35.5. The fraction of sp³-hybridized carbons (Fsp3) is 0.375. The molecule has 0 bridgehead atoms. The molecule has 0 saturated carbocycles. The standard InChI is InChI=1S/C16H20ClN3O2/c1-16(2,22-14-7-5-13(17)6-8-14)15(21)18-9-3-11-20-12-4-10-19-20/h4-8,10,12H,3,9,11H2,1-2H3,(H,18,21). The van der Waals surface area contributed by atoms with Gasteiger partial charge in [0.15, 0.2) is 5.60 Å². The number of hydrogen-bond donors (Lipinski definition) is 1. The second kappa shape index (κ2) is 7.31. The van der Waals surface area contributed by atoms with Crippen molar-refractivity contribution in [1.29, 1.82) is 0 Å². The summed E-state index contributed by atoms with van der Waals surface area (Å²) in [7, 11) is 0. The highest BCUT2D eigenvalue weighted by molar-refractivity contribution is 6.30. The lowest BCUT2D eigenvalue weighted by Gasteiger charge is -2.25. The van der Waals surface area contributed by atoms with Gasteiger partial charge in [0.1, 0.15) is 5.75 Å². The van der Waals surface area contributed by atoms with Crippen LogP contribution < -0.4 is 10.1 Å². The molecule has 0 aliphatic heterocycles. The Hall–Kier alpha value is -2.01. The predicted molar refractivity (Wildman–Crippen MR) is 86.0 cm³/mol. The van der Waals surface area contributed by atoms with E-state index in [-0.39, 0.29) is 5.91 Å². The number of benzene rings is 1. The number of carbonyl (C=O) groups is 1. The van der Waals surface area contributed by atoms with Crippen molar-refractivity contribution < 1.29 is 9.53 Å². The quantitative estimate of drug-likeness (QED) is 0.798. The molecule has 2 rings (SSSR count). The third kappa shape index (κ3) is 4.77. The molecule has 1 aromatic carbocycles. The van der Waals surface area contributed by atoms with E-state index in [4.69, 9.17) is 16.3 Å². The summed E-state index contributed by atoms with van der Waals surface area (Å²) in [5.74, 6) is 0.462. The Kier molecular flexibility index (Phi) is 5.44. The zero-order valence-electron chi connectivity index (χ0n) is 12.8. The molecule has 1 N–H and O–H groups in total. The van der Waals surface area contributed by atoms with Crippen molar-refractivity contribution in [2.24, 2.45) is 0 Å². The van der Waals surface area contributed by atoms with Crippen LogP contribution in [0.5, 0.6) is 5.75 Å². The Morgan fingerprint density at radius 1 is 1.36 bits per heavy atom. The van der Waals surface area contributed by atoms with Gasteiger partial charge in [-0.15, -0.1) is 0 Å². The number of nitrogens with zero attached hydrogens (tertiary/aromatic N) is 2. The zero-order chi connectivity index (χ0) is 16.0. The number of ether oxygens (including phenoxy) is 1. The fourth-order valence-corrected chi connectivity index (χ4v) is 2.06. The maximum Gasteiger partial charge on any atom is 0.263 e. The van der Waals surface area contributed by atoms with E-state index in [9.17, 15) is 4.79 Å². The van der Waals surface area contributed by atoms with E-state index < -0.39 is 5.60 Å². The highest BCUT2D eigenvalue weighted by Gasteiger charge is 2.29. The van der Waals surface area contributed by atoms with Gasteiger partial charge in [-0.3, -0.25) is 9.48 Å². The monoisotopic (exact) mass is 321 g/mol. The molecule has 0 spiro atoms. The van der Waals surface area contributed by atoms with Crippen LogP contribution in [-0.2, 0) is 11.3 Å². The molecule has 1 heterocycles. The van der Waals surface area contributed by atoms with E-state index >= 15 is 0 Å². The molecule has 118 valence electrons. The van der Waals surface area contributed by atoms with Crippen LogP contribution in [-0.4, -0.2) is 27.8 Å². The van der Waals surface area contributed by atoms with E-state index in [1.54, 1.807) is 44.3 Å². The average Bonchev–Trinajstić information content (AvgIpc) is 2.99. The van der Waals surface area contributed by atoms with Crippen molar-refractivity contribution in [2.45, 2.75) is 32.4 Å². The number of carbonyl (C=O) groups excluding carboxylic acids is 1. The van der Waals surface area contributed by atoms with Gasteiger partial charge in [-0.2, -0.15) is 5.10 Å². The Morgan fingerprint density at radius 3 is 2.73 bits per heavy atom. The summed E-state index contributed by atoms with van der Waals surface area (Å²) in [5, 5.41) is 7.63. The summed E-state index contributed by atoms with van der Waals surface area (Å²) in [5.41, 5.74) is -0.945. The summed E-state index contributed by atoms with van der Waals surface area (Å²) >= 11 is 5.83. The third-order valence-corrected chi connectivity index (χ3v) is 3.39. The Morgan fingerprint density at radius 2 is 2.09 bits per heavy atom. The molecule has 1 amide bonds. The van der Waals surface area contributed by atoms with Crippen LogP contribution in [0.1, 0.15) is 20.3 Å². The van der Waals surface area contributed by atoms with Crippen LogP contribution in [0.4, 0.5) is 0 Å². The minimum atomic E-state index is -0.945. The minimum Gasteiger partial charge on any atom is -0.478 e. The van der Waals surface area contributed by atoms with Crippen molar-refractivity contribution in [3.63, 3.8) is 0 Å². The maximum absolute atomic E-state index is 12.2. The molecule has 0 unspecified atom stereocenters. The summed E-state index contributed by atoms with van der Waals surface area (Å²) in [4.78, 5) is 12.2. The van der Waals surface area contributed by atoms with Gasteiger partial charge in [-0.1, -0.05) is 11.6 Å². The Labute approximate surface area is 135 Å². The van der Waals surface area contributed by atoms with Gasteiger partial charge >= 0.3 is 0 Å². The summed E-state index contributed by atoms with van der Waals surface area (Å²) < 4.78 is 7.57. The van der Waals surface area contributed by atoms with Crippen molar-refractivity contribution in [1.82, 2.24) is 15.1 Å². The third-order valence-electron chi connectivity index (χ3n) is 3.14. The smallest absolute Gasteiger partial charge is 0.263 e. The predicted octanol–water partition coefficient (Wildman–Crippen LogP) is 2.90. The van der Waals surface area contributed by atoms with Crippen LogP contribution in [0, 0.1) is 0 Å². The van der Waals surface area contributed by atoms with Crippen LogP contribution in [0.2, 0.25) is 5.02 Å². The maximum atomic E-state index is 12.2. The summed E-state index contributed by atoms with van der Waals surface area (Å²) in [6.45, 7) is 4.83. The molecule has 0 aliphatic rings. The van der Waals surface area contributed by atoms with Gasteiger partial charge in [0.25, 0.3) is 5.91 Å². The molecule has 1 aromatic heterocycles. The largest absolute Gasteiger partial charge is 0.478 e. The first-order valence-electron chi connectivity index (χ1n) is 7.18. The van der Waals surface area contributed by atoms with Gasteiger partial charge in [-0.25, -0.2) is 0 Å². The topological polar surface area (TPSA) is 56.1 Å². The van der Waals surface area contributed by atoms with Gasteiger partial charge in [0.2, 0.25) is 0 Å². The number of aryl methyl sites for hydroxylation is 1. The minimum absolute atomic E-state index is 0.150. The normalized spacial score (nSPS) is 11.2. The molecular formula is C16H20ClN3O2. The lowest BCUT2D eigenvalue weighted by atomic mass is 10.1. The number of rotatable bonds is 7. The molecule has 5 nitrogen and oxygen atoms in total. The second-order valence-corrected chi connectivity index (χ2v) is 5.88. The zero-order valence-corrected chi connectivity index (χ0v) is 13.5. The molecule has 0 radical (unpaired) electrons. The van der Waals surface area contributed by atoms with Crippen molar-refractivity contribution >= 4 is 17.5 Å². The first kappa shape index (κ1) is 16.4. The van der Waals surface area contributed by atoms with Crippen molar-refractivity contribution in [3.8, 4) is 5.75 Å². The van der Waals surface area contributed by atoms with Gasteiger partial charge in [0, 0.05) is 30.5 Å². The fourth-order valence-electron chi connectivity index (χ4n) is 1.93. The Bertz CT molecular complexity index is 594. The van der Waals surface area contributed by atoms with E-state index in [1.165, 1.54) is 0 Å². The van der Waals surface area contributed by atoms with Gasteiger partial charge in [-0.05, 0) is 50.6 Å². The van der Waals surface area contributed by atoms with Crippen LogP contribution >= 0.6 is 11.6 Å². The summed E-state index contributed by atoms with van der Waals surface area (Å²) in [6, 6.07) is 8.83. The lowest BCUT2D eigenvalue weighted by molar-refractivity contribution is -0.134. The molecule has 6 heteroatoms. The molecule has 2 aromatic rings. The van der Waals surface area contributed by atoms with Gasteiger partial charge in [0.05, 0.1) is 0 Å². The molecular weight excluding hydrogens is 302 g/mol. The first-order valence-corrected chi connectivity index (χ1v) is 7.55. The van der Waals surface area contributed by atoms with E-state index in [1.807, 2.05) is 16.9 Å². The van der Waals surface area contributed by atoms with E-state index in [2.05, 4.69) is 10.4 Å².